The van der Waals surface area contributed by atoms with Crippen LogP contribution in [0, 0.1) is 0 Å². The second-order valence-electron chi connectivity index (χ2n) is 8.46. The van der Waals surface area contributed by atoms with Crippen LogP contribution in [0.1, 0.15) is 76.3 Å². The van der Waals surface area contributed by atoms with E-state index in [2.05, 4.69) is 73.4 Å². The van der Waals surface area contributed by atoms with Crippen molar-refractivity contribution in [1.82, 2.24) is 4.98 Å². The van der Waals surface area contributed by atoms with Crippen LogP contribution in [0.3, 0.4) is 0 Å². The van der Waals surface area contributed by atoms with Crippen LogP contribution in [-0.4, -0.2) is 4.98 Å². The van der Waals surface area contributed by atoms with Crippen molar-refractivity contribution in [2.75, 3.05) is 0 Å². The molecular formula is C29H37N. The summed E-state index contributed by atoms with van der Waals surface area (Å²) in [4.78, 5) is 4.53. The zero-order valence-electron chi connectivity index (χ0n) is 18.9. The third kappa shape index (κ3) is 6.83. The maximum atomic E-state index is 4.53. The Bertz CT molecular complexity index is 852. The Morgan fingerprint density at radius 1 is 0.567 bits per heavy atom. The molecule has 0 saturated heterocycles. The lowest BCUT2D eigenvalue weighted by atomic mass is 9.93. The van der Waals surface area contributed by atoms with E-state index in [0.29, 0.717) is 0 Å². The lowest BCUT2D eigenvalue weighted by Gasteiger charge is -2.12. The van der Waals surface area contributed by atoms with Gasteiger partial charge in [-0.3, -0.25) is 4.98 Å². The second-order valence-corrected chi connectivity index (χ2v) is 8.46. The van der Waals surface area contributed by atoms with Gasteiger partial charge in [-0.25, -0.2) is 0 Å². The number of unbranched alkanes of at least 4 members (excludes halogenated alkanes) is 6. The third-order valence-electron chi connectivity index (χ3n) is 5.85. The monoisotopic (exact) mass is 399 g/mol. The van der Waals surface area contributed by atoms with Gasteiger partial charge in [-0.15, -0.1) is 0 Å². The molecule has 0 aliphatic heterocycles. The Hall–Kier alpha value is -2.41. The van der Waals surface area contributed by atoms with Crippen molar-refractivity contribution in [2.45, 2.75) is 78.1 Å². The van der Waals surface area contributed by atoms with Gasteiger partial charge >= 0.3 is 0 Å². The van der Waals surface area contributed by atoms with Crippen LogP contribution in [0.25, 0.3) is 22.4 Å². The zero-order valence-corrected chi connectivity index (χ0v) is 18.9. The minimum absolute atomic E-state index is 1.04. The van der Waals surface area contributed by atoms with E-state index >= 15 is 0 Å². The van der Waals surface area contributed by atoms with Crippen molar-refractivity contribution >= 4 is 0 Å². The average molecular weight is 400 g/mol. The van der Waals surface area contributed by atoms with Gasteiger partial charge in [0.1, 0.15) is 0 Å². The molecule has 3 aromatic rings. The van der Waals surface area contributed by atoms with Gasteiger partial charge in [-0.1, -0.05) is 94.8 Å². The van der Waals surface area contributed by atoms with Gasteiger partial charge in [0.05, 0.1) is 5.69 Å². The quantitative estimate of drug-likeness (QED) is 0.278. The molecule has 0 radical (unpaired) electrons. The molecule has 0 amide bonds. The summed E-state index contributed by atoms with van der Waals surface area (Å²) >= 11 is 0. The summed E-state index contributed by atoms with van der Waals surface area (Å²) in [6.45, 7) is 4.56. The number of rotatable bonds is 12. The smallest absolute Gasteiger partial charge is 0.0702 e. The lowest BCUT2D eigenvalue weighted by Crippen LogP contribution is -1.94. The number of aryl methyl sites for hydroxylation is 2. The molecule has 0 fully saturated rings. The molecule has 30 heavy (non-hydrogen) atoms. The lowest BCUT2D eigenvalue weighted by molar-refractivity contribution is 0.661. The number of hydrogen-bond acceptors (Lipinski definition) is 1. The van der Waals surface area contributed by atoms with Crippen LogP contribution in [0.15, 0.2) is 66.9 Å². The number of aromatic nitrogens is 1. The summed E-state index contributed by atoms with van der Waals surface area (Å²) in [5.74, 6) is 0. The third-order valence-corrected chi connectivity index (χ3v) is 5.85. The van der Waals surface area contributed by atoms with Gasteiger partial charge in [0.15, 0.2) is 0 Å². The first-order valence-electron chi connectivity index (χ1n) is 11.9. The van der Waals surface area contributed by atoms with Crippen molar-refractivity contribution in [3.63, 3.8) is 0 Å². The maximum absolute atomic E-state index is 4.53. The fourth-order valence-corrected chi connectivity index (χ4v) is 4.12. The van der Waals surface area contributed by atoms with E-state index in [-0.39, 0.29) is 0 Å². The summed E-state index contributed by atoms with van der Waals surface area (Å²) in [5.41, 5.74) is 7.87. The van der Waals surface area contributed by atoms with Crippen molar-refractivity contribution in [1.29, 1.82) is 0 Å². The molecule has 1 aromatic heterocycles. The number of benzene rings is 2. The van der Waals surface area contributed by atoms with Crippen molar-refractivity contribution in [2.24, 2.45) is 0 Å². The number of hydrogen-bond donors (Lipinski definition) is 0. The Balaban J connectivity index is 1.84. The first kappa shape index (κ1) is 22.3. The molecule has 0 aliphatic rings. The van der Waals surface area contributed by atoms with Gasteiger partial charge in [-0.2, -0.15) is 0 Å². The van der Waals surface area contributed by atoms with E-state index in [9.17, 15) is 0 Å². The van der Waals surface area contributed by atoms with Gasteiger partial charge in [0.25, 0.3) is 0 Å². The minimum atomic E-state index is 1.04. The first-order valence-corrected chi connectivity index (χ1v) is 11.9. The highest BCUT2D eigenvalue weighted by Crippen LogP contribution is 2.28. The SMILES string of the molecule is CCCCCCc1cc(CCCCCC)cc(-c2cccc(-c3ccccn3)c2)c1. The van der Waals surface area contributed by atoms with Gasteiger partial charge in [0.2, 0.25) is 0 Å². The highest BCUT2D eigenvalue weighted by Gasteiger charge is 2.07. The maximum Gasteiger partial charge on any atom is 0.0702 e. The normalized spacial score (nSPS) is 11.0. The van der Waals surface area contributed by atoms with Crippen LogP contribution in [0.2, 0.25) is 0 Å². The van der Waals surface area contributed by atoms with Gasteiger partial charge in [0, 0.05) is 11.8 Å². The molecule has 0 N–H and O–H groups in total. The van der Waals surface area contributed by atoms with Crippen molar-refractivity contribution < 1.29 is 0 Å². The zero-order chi connectivity index (χ0) is 21.0. The number of nitrogens with zero attached hydrogens (tertiary/aromatic N) is 1. The summed E-state index contributed by atoms with van der Waals surface area (Å²) in [6.07, 6.45) is 14.8. The molecule has 0 bridgehead atoms. The Kier molecular flexibility index (Phi) is 9.15. The van der Waals surface area contributed by atoms with Crippen LogP contribution < -0.4 is 0 Å². The van der Waals surface area contributed by atoms with E-state index in [4.69, 9.17) is 0 Å². The van der Waals surface area contributed by atoms with E-state index in [1.54, 1.807) is 0 Å². The average Bonchev–Trinajstić information content (AvgIpc) is 2.80. The highest BCUT2D eigenvalue weighted by atomic mass is 14.7. The molecule has 0 spiro atoms. The largest absolute Gasteiger partial charge is 0.256 e. The molecule has 2 aromatic carbocycles. The molecule has 0 saturated carbocycles. The summed E-state index contributed by atoms with van der Waals surface area (Å²) in [7, 11) is 0. The topological polar surface area (TPSA) is 12.9 Å². The summed E-state index contributed by atoms with van der Waals surface area (Å²) in [5, 5.41) is 0. The fraction of sp³-hybridized carbons (Fsp3) is 0.414. The summed E-state index contributed by atoms with van der Waals surface area (Å²) in [6, 6.07) is 22.3. The standard InChI is InChI=1S/C29H37N/c1-3-5-7-9-14-24-20-25(15-10-8-6-4-2)22-28(21-24)26-16-13-17-27(23-26)29-18-11-12-19-30-29/h11-13,16-23H,3-10,14-15H2,1-2H3. The van der Waals surface area contributed by atoms with Gasteiger partial charge < -0.3 is 0 Å². The van der Waals surface area contributed by atoms with Crippen LogP contribution >= 0.6 is 0 Å². The van der Waals surface area contributed by atoms with Gasteiger partial charge in [-0.05, 0) is 66.1 Å². The molecule has 0 aliphatic carbocycles. The van der Waals surface area contributed by atoms with Crippen LogP contribution in [-0.2, 0) is 12.8 Å². The molecule has 3 rings (SSSR count). The summed E-state index contributed by atoms with van der Waals surface area (Å²) < 4.78 is 0. The van der Waals surface area contributed by atoms with E-state index in [1.165, 1.54) is 92.0 Å². The fourth-order valence-electron chi connectivity index (χ4n) is 4.12. The minimum Gasteiger partial charge on any atom is -0.256 e. The second kappa shape index (κ2) is 12.3. The highest BCUT2D eigenvalue weighted by molar-refractivity contribution is 5.72. The molecule has 0 unspecified atom stereocenters. The first-order chi connectivity index (χ1) is 14.8. The number of pyridine rings is 1. The molecule has 1 heteroatoms. The van der Waals surface area contributed by atoms with Crippen molar-refractivity contribution in [3.05, 3.63) is 78.0 Å². The molecular weight excluding hydrogens is 362 g/mol. The van der Waals surface area contributed by atoms with E-state index < -0.39 is 0 Å². The predicted molar refractivity (Wildman–Crippen MR) is 131 cm³/mol. The predicted octanol–water partition coefficient (Wildman–Crippen LogP) is 8.66. The van der Waals surface area contributed by atoms with Crippen LogP contribution in [0.5, 0.6) is 0 Å². The molecule has 158 valence electrons. The van der Waals surface area contributed by atoms with Crippen molar-refractivity contribution in [3.8, 4) is 22.4 Å². The van der Waals surface area contributed by atoms with Crippen LogP contribution in [0.4, 0.5) is 0 Å². The molecule has 1 heterocycles. The van der Waals surface area contributed by atoms with E-state index in [0.717, 1.165) is 5.69 Å². The molecule has 0 atom stereocenters. The van der Waals surface area contributed by atoms with E-state index in [1.807, 2.05) is 12.3 Å². The Labute approximate surface area is 183 Å². The Morgan fingerprint density at radius 3 is 1.83 bits per heavy atom. The Morgan fingerprint density at radius 2 is 1.23 bits per heavy atom. The molecule has 1 nitrogen and oxygen atoms in total.